The van der Waals surface area contributed by atoms with Crippen LogP contribution >= 0.6 is 0 Å². The van der Waals surface area contributed by atoms with Crippen molar-refractivity contribution in [2.45, 2.75) is 103 Å². The first-order valence-electron chi connectivity index (χ1n) is 17.0. The van der Waals surface area contributed by atoms with E-state index in [1.807, 2.05) is 37.5 Å². The average Bonchev–Trinajstić information content (AvgIpc) is 3.63. The predicted molar refractivity (Wildman–Crippen MR) is 183 cm³/mol. The summed E-state index contributed by atoms with van der Waals surface area (Å²) in [6.45, 7) is 4.96. The van der Waals surface area contributed by atoms with Crippen LogP contribution in [0.25, 0.3) is 0 Å². The topological polar surface area (TPSA) is 176 Å². The third kappa shape index (κ3) is 10.1. The Morgan fingerprint density at radius 2 is 1.85 bits per heavy atom. The molecule has 0 amide bonds. The minimum atomic E-state index is -0.859. The number of ketones is 1. The molecule has 0 fully saturated rings. The molecule has 256 valence electrons. The standard InChI is InChI=1S/C37H52N4O6/c1-3-5-6-8-30(35(46)18-29(43)7-4-2)33(44)13-9-24-10-14-34(45)36(15-24)47-23-41-20-31-28(19-40-32(31)21-41)17-27-16-25(37(38)39)11-12-26(27)22-42/h10-12,14-16,19,21,29-30,35,37,42-43,45-46H,3-9,13,17-18,20,22-23,38-39H2,1-2H3/p+1/t29-,30-,35-/m1/s1. The number of aliphatic hydroxyl groups excluding tert-OH is 3. The van der Waals surface area contributed by atoms with Crippen molar-refractivity contribution in [3.8, 4) is 11.5 Å². The van der Waals surface area contributed by atoms with Gasteiger partial charge in [0.25, 0.3) is 0 Å². The third-order valence-corrected chi connectivity index (χ3v) is 9.20. The molecular formula is C37H53N4O6+. The highest BCUT2D eigenvalue weighted by molar-refractivity contribution is 5.87. The molecule has 2 heterocycles. The Kier molecular flexibility index (Phi) is 13.7. The lowest BCUT2D eigenvalue weighted by molar-refractivity contribution is -0.855. The first kappa shape index (κ1) is 36.5. The highest BCUT2D eigenvalue weighted by Gasteiger charge is 2.30. The number of allylic oxidation sites excluding steroid dienone is 1. The number of hydrogen-bond acceptors (Lipinski definition) is 9. The second-order valence-electron chi connectivity index (χ2n) is 12.9. The summed E-state index contributed by atoms with van der Waals surface area (Å²) in [5.74, 6) is -0.121. The van der Waals surface area contributed by atoms with Crippen LogP contribution in [0.1, 0.15) is 93.6 Å². The minimum absolute atomic E-state index is 0.000799. The molecule has 0 saturated carbocycles. The molecule has 1 unspecified atom stereocenters. The summed E-state index contributed by atoms with van der Waals surface area (Å²) in [5, 5.41) is 41.5. The molecule has 0 radical (unpaired) electrons. The van der Waals surface area contributed by atoms with Crippen LogP contribution < -0.4 is 21.1 Å². The van der Waals surface area contributed by atoms with Crippen LogP contribution in [0.2, 0.25) is 0 Å². The molecule has 2 aliphatic heterocycles. The number of carbonyl (C=O) groups excluding carboxylic acids is 1. The van der Waals surface area contributed by atoms with Crippen LogP contribution in [0.15, 0.2) is 64.4 Å². The number of hydrogen-bond donors (Lipinski definition) is 7. The molecule has 0 aliphatic carbocycles. The molecule has 10 heteroatoms. The van der Waals surface area contributed by atoms with Crippen LogP contribution in [0.5, 0.6) is 11.5 Å². The van der Waals surface area contributed by atoms with Gasteiger partial charge >= 0.3 is 0 Å². The van der Waals surface area contributed by atoms with Gasteiger partial charge in [-0.1, -0.05) is 63.8 Å². The number of aliphatic hydroxyl groups is 3. The maximum Gasteiger partial charge on any atom is 0.227 e. The summed E-state index contributed by atoms with van der Waals surface area (Å²) in [6, 6.07) is 10.8. The summed E-state index contributed by atoms with van der Waals surface area (Å²) in [4.78, 5) is 18.9. The number of quaternary nitrogens is 1. The Morgan fingerprint density at radius 1 is 1.04 bits per heavy atom. The van der Waals surface area contributed by atoms with Gasteiger partial charge in [-0.05, 0) is 72.1 Å². The Hall–Kier alpha value is -3.38. The fourth-order valence-electron chi connectivity index (χ4n) is 6.42. The zero-order chi connectivity index (χ0) is 33.9. The van der Waals surface area contributed by atoms with Crippen molar-refractivity contribution >= 4 is 12.0 Å². The number of rotatable bonds is 20. The van der Waals surface area contributed by atoms with Gasteiger partial charge in [-0.3, -0.25) is 14.7 Å². The van der Waals surface area contributed by atoms with Crippen molar-refractivity contribution in [2.75, 3.05) is 13.3 Å². The van der Waals surface area contributed by atoms with Gasteiger partial charge in [0.2, 0.25) is 6.73 Å². The summed E-state index contributed by atoms with van der Waals surface area (Å²) in [7, 11) is 0. The molecule has 4 rings (SSSR count). The second kappa shape index (κ2) is 17.7. The largest absolute Gasteiger partial charge is 0.504 e. The quantitative estimate of drug-likeness (QED) is 0.0846. The van der Waals surface area contributed by atoms with Gasteiger partial charge in [0, 0.05) is 24.1 Å². The lowest BCUT2D eigenvalue weighted by Gasteiger charge is -2.24. The molecule has 0 saturated heterocycles. The Balaban J connectivity index is 1.35. The van der Waals surface area contributed by atoms with E-state index in [-0.39, 0.29) is 37.7 Å². The van der Waals surface area contributed by atoms with E-state index < -0.39 is 24.3 Å². The fourth-order valence-corrected chi connectivity index (χ4v) is 6.42. The minimum Gasteiger partial charge on any atom is -0.504 e. The van der Waals surface area contributed by atoms with Crippen LogP contribution in [-0.2, 0) is 24.2 Å². The van der Waals surface area contributed by atoms with E-state index in [0.717, 1.165) is 69.7 Å². The number of aromatic hydroxyl groups is 1. The Morgan fingerprint density at radius 3 is 2.57 bits per heavy atom. The molecule has 4 atom stereocenters. The summed E-state index contributed by atoms with van der Waals surface area (Å²) < 4.78 is 6.06. The lowest BCUT2D eigenvalue weighted by atomic mass is 9.85. The second-order valence-corrected chi connectivity index (χ2v) is 12.9. The number of aliphatic imine (C=N–C) groups is 1. The van der Waals surface area contributed by atoms with Crippen LogP contribution in [0.3, 0.4) is 0 Å². The molecule has 9 N–H and O–H groups in total. The number of phenolic OH excluding ortho intramolecular Hbond substituents is 1. The molecule has 2 aromatic carbocycles. The lowest BCUT2D eigenvalue weighted by Crippen LogP contribution is -3.07. The molecule has 0 aromatic heterocycles. The van der Waals surface area contributed by atoms with E-state index in [9.17, 15) is 25.2 Å². The van der Waals surface area contributed by atoms with Gasteiger partial charge in [-0.15, -0.1) is 0 Å². The van der Waals surface area contributed by atoms with Gasteiger partial charge in [-0.2, -0.15) is 0 Å². The molecule has 0 bridgehead atoms. The van der Waals surface area contributed by atoms with Gasteiger partial charge in [-0.25, -0.2) is 0 Å². The van der Waals surface area contributed by atoms with Crippen molar-refractivity contribution in [3.05, 3.63) is 81.7 Å². The van der Waals surface area contributed by atoms with Crippen LogP contribution in [0.4, 0.5) is 0 Å². The van der Waals surface area contributed by atoms with Gasteiger partial charge in [0.15, 0.2) is 11.5 Å². The number of Topliss-reactive ketones (excluding diaryl/α,β-unsaturated/α-hetero) is 1. The number of nitrogens with two attached hydrogens (primary N) is 2. The first-order valence-corrected chi connectivity index (χ1v) is 17.0. The zero-order valence-electron chi connectivity index (χ0n) is 27.8. The van der Waals surface area contributed by atoms with Gasteiger partial charge in [0.05, 0.1) is 25.0 Å². The number of nitrogens with zero attached hydrogens (tertiary/aromatic N) is 1. The molecule has 47 heavy (non-hydrogen) atoms. The van der Waals surface area contributed by atoms with Crippen molar-refractivity contribution in [1.29, 1.82) is 0 Å². The number of nitrogens with one attached hydrogen (secondary N) is 1. The van der Waals surface area contributed by atoms with E-state index in [0.29, 0.717) is 38.0 Å². The molecule has 10 nitrogen and oxygen atoms in total. The van der Waals surface area contributed by atoms with Crippen molar-refractivity contribution in [3.63, 3.8) is 0 Å². The third-order valence-electron chi connectivity index (χ3n) is 9.20. The van der Waals surface area contributed by atoms with Crippen LogP contribution in [-0.4, -0.2) is 57.9 Å². The number of carbonyl (C=O) groups is 1. The van der Waals surface area contributed by atoms with E-state index in [1.165, 1.54) is 0 Å². The fraction of sp³-hybridized carbons (Fsp3) is 0.514. The highest BCUT2D eigenvalue weighted by atomic mass is 16.5. The highest BCUT2D eigenvalue weighted by Crippen LogP contribution is 2.30. The van der Waals surface area contributed by atoms with E-state index in [1.54, 1.807) is 18.2 Å². The Bertz CT molecular complexity index is 1450. The number of phenols is 1. The zero-order valence-corrected chi connectivity index (χ0v) is 27.8. The van der Waals surface area contributed by atoms with Crippen molar-refractivity contribution in [2.24, 2.45) is 22.4 Å². The number of benzene rings is 2. The van der Waals surface area contributed by atoms with E-state index >= 15 is 0 Å². The average molecular weight is 650 g/mol. The molecule has 2 aromatic rings. The normalized spacial score (nSPS) is 17.6. The smallest absolute Gasteiger partial charge is 0.227 e. The summed E-state index contributed by atoms with van der Waals surface area (Å²) in [5.41, 5.74) is 18.3. The molecular weight excluding hydrogens is 596 g/mol. The molecule has 2 aliphatic rings. The number of aryl methyl sites for hydroxylation is 1. The van der Waals surface area contributed by atoms with Crippen LogP contribution in [0, 0.1) is 5.92 Å². The van der Waals surface area contributed by atoms with Crippen molar-refractivity contribution < 1.29 is 34.9 Å². The maximum absolute atomic E-state index is 13.3. The first-order chi connectivity index (χ1) is 22.6. The number of unbranched alkanes of at least 4 members (excludes halogenated alkanes) is 2. The van der Waals surface area contributed by atoms with Gasteiger partial charge in [0.1, 0.15) is 24.2 Å². The Labute approximate surface area is 278 Å². The number of fused-ring (bicyclic) bond motifs is 1. The molecule has 0 spiro atoms. The number of ether oxygens (including phenoxy) is 1. The van der Waals surface area contributed by atoms with E-state index in [2.05, 4.69) is 11.9 Å². The van der Waals surface area contributed by atoms with E-state index in [4.69, 9.17) is 16.2 Å². The van der Waals surface area contributed by atoms with Crippen molar-refractivity contribution in [1.82, 2.24) is 0 Å². The summed E-state index contributed by atoms with van der Waals surface area (Å²) >= 11 is 0. The SMILES string of the molecule is CCCCC[C@H](C(=O)CCc1ccc(O)c(OC[NH+]2C=C3N=CC(Cc4cc(C(N)N)ccc4CO)=C3C2)c1)[C@H](O)C[C@H](O)CCC. The van der Waals surface area contributed by atoms with Gasteiger partial charge < -0.3 is 36.6 Å². The summed E-state index contributed by atoms with van der Waals surface area (Å²) in [6.07, 6.45) is 8.28. The maximum atomic E-state index is 13.3. The predicted octanol–water partition coefficient (Wildman–Crippen LogP) is 3.11. The monoisotopic (exact) mass is 649 g/mol.